The Bertz CT molecular complexity index is 235. The maximum absolute atomic E-state index is 5.66. The molecule has 0 aromatic carbocycles. The summed E-state index contributed by atoms with van der Waals surface area (Å²) in [5.74, 6) is 2.02. The Morgan fingerprint density at radius 1 is 1.58 bits per heavy atom. The molecular formula is C7H13ClN4. The summed E-state index contributed by atoms with van der Waals surface area (Å²) in [5, 5.41) is 11.7. The third-order valence-electron chi connectivity index (χ3n) is 1.67. The summed E-state index contributed by atoms with van der Waals surface area (Å²) in [6.45, 7) is 2.11. The van der Waals surface area contributed by atoms with E-state index in [4.69, 9.17) is 11.6 Å². The quantitative estimate of drug-likeness (QED) is 0.663. The van der Waals surface area contributed by atoms with Crippen molar-refractivity contribution in [3.8, 4) is 0 Å². The van der Waals surface area contributed by atoms with Crippen LogP contribution >= 0.6 is 11.6 Å². The van der Waals surface area contributed by atoms with E-state index in [2.05, 4.69) is 22.3 Å². The lowest BCUT2D eigenvalue weighted by atomic mass is 10.1. The van der Waals surface area contributed by atoms with Crippen molar-refractivity contribution in [2.24, 2.45) is 13.0 Å². The van der Waals surface area contributed by atoms with Crippen LogP contribution in [0, 0.1) is 5.92 Å². The number of alkyl halides is 1. The minimum absolute atomic E-state index is 0.524. The van der Waals surface area contributed by atoms with E-state index in [0.29, 0.717) is 11.8 Å². The van der Waals surface area contributed by atoms with E-state index in [-0.39, 0.29) is 0 Å². The lowest BCUT2D eigenvalue weighted by Gasteiger charge is -2.02. The number of nitrogens with zero attached hydrogens (tertiary/aromatic N) is 4. The number of aryl methyl sites for hydroxylation is 2. The number of tetrazole rings is 1. The Morgan fingerprint density at radius 2 is 2.33 bits per heavy atom. The topological polar surface area (TPSA) is 43.6 Å². The number of aromatic nitrogens is 4. The number of hydrogen-bond acceptors (Lipinski definition) is 3. The maximum Gasteiger partial charge on any atom is 0.174 e. The molecule has 1 aromatic heterocycles. The third kappa shape index (κ3) is 2.77. The van der Waals surface area contributed by atoms with E-state index in [0.717, 1.165) is 18.7 Å². The summed E-state index contributed by atoms with van der Waals surface area (Å²) >= 11 is 5.66. The molecule has 0 bridgehead atoms. The first-order valence-electron chi connectivity index (χ1n) is 4.01. The Morgan fingerprint density at radius 3 is 2.83 bits per heavy atom. The minimum atomic E-state index is 0.524. The van der Waals surface area contributed by atoms with Gasteiger partial charge in [-0.15, -0.1) is 21.8 Å². The highest BCUT2D eigenvalue weighted by molar-refractivity contribution is 6.18. The molecule has 0 fully saturated rings. The van der Waals surface area contributed by atoms with Crippen molar-refractivity contribution in [1.82, 2.24) is 20.2 Å². The molecular weight excluding hydrogens is 176 g/mol. The predicted molar refractivity (Wildman–Crippen MR) is 47.0 cm³/mol. The first-order valence-corrected chi connectivity index (χ1v) is 4.54. The summed E-state index contributed by atoms with van der Waals surface area (Å²) in [4.78, 5) is 1.47. The fourth-order valence-corrected chi connectivity index (χ4v) is 1.03. The van der Waals surface area contributed by atoms with E-state index in [1.165, 1.54) is 4.80 Å². The second kappa shape index (κ2) is 4.40. The van der Waals surface area contributed by atoms with E-state index in [1.54, 1.807) is 7.05 Å². The third-order valence-corrected chi connectivity index (χ3v) is 2.20. The number of rotatable bonds is 4. The molecule has 0 saturated carbocycles. The van der Waals surface area contributed by atoms with Gasteiger partial charge < -0.3 is 0 Å². The predicted octanol–water partition coefficient (Wildman–Crippen LogP) is 1.02. The number of hydrogen-bond donors (Lipinski definition) is 0. The fourth-order valence-electron chi connectivity index (χ4n) is 0.876. The summed E-state index contributed by atoms with van der Waals surface area (Å²) in [7, 11) is 1.77. The van der Waals surface area contributed by atoms with Gasteiger partial charge in [0.05, 0.1) is 7.05 Å². The van der Waals surface area contributed by atoms with Crippen LogP contribution in [0.2, 0.25) is 0 Å². The van der Waals surface area contributed by atoms with Crippen molar-refractivity contribution in [2.45, 2.75) is 19.8 Å². The highest BCUT2D eigenvalue weighted by Gasteiger charge is 2.04. The lowest BCUT2D eigenvalue weighted by Crippen LogP contribution is -2.00. The van der Waals surface area contributed by atoms with Gasteiger partial charge >= 0.3 is 0 Å². The van der Waals surface area contributed by atoms with Crippen molar-refractivity contribution >= 4 is 11.6 Å². The van der Waals surface area contributed by atoms with Crippen LogP contribution < -0.4 is 0 Å². The Labute approximate surface area is 76.9 Å². The van der Waals surface area contributed by atoms with Gasteiger partial charge in [-0.3, -0.25) is 0 Å². The van der Waals surface area contributed by atoms with Crippen molar-refractivity contribution in [1.29, 1.82) is 0 Å². The zero-order valence-electron chi connectivity index (χ0n) is 7.37. The van der Waals surface area contributed by atoms with Gasteiger partial charge in [-0.25, -0.2) is 0 Å². The van der Waals surface area contributed by atoms with Crippen molar-refractivity contribution in [3.05, 3.63) is 5.82 Å². The molecule has 4 nitrogen and oxygen atoms in total. The van der Waals surface area contributed by atoms with Gasteiger partial charge in [-0.2, -0.15) is 4.80 Å². The molecule has 5 heteroatoms. The second-order valence-electron chi connectivity index (χ2n) is 2.99. The van der Waals surface area contributed by atoms with Crippen LogP contribution in [0.4, 0.5) is 0 Å². The normalized spacial score (nSPS) is 13.2. The molecule has 0 spiro atoms. The number of halogens is 1. The first-order chi connectivity index (χ1) is 5.72. The molecule has 0 aliphatic rings. The molecule has 1 heterocycles. The van der Waals surface area contributed by atoms with E-state index >= 15 is 0 Å². The summed E-state index contributed by atoms with van der Waals surface area (Å²) in [6, 6.07) is 0. The molecule has 1 rings (SSSR count). The average Bonchev–Trinajstić information content (AvgIpc) is 2.47. The van der Waals surface area contributed by atoms with Crippen LogP contribution in [0.1, 0.15) is 19.2 Å². The van der Waals surface area contributed by atoms with Crippen LogP contribution in [0.3, 0.4) is 0 Å². The largest absolute Gasteiger partial charge is 0.174 e. The van der Waals surface area contributed by atoms with Crippen molar-refractivity contribution in [3.63, 3.8) is 0 Å². The summed E-state index contributed by atoms with van der Waals surface area (Å²) < 4.78 is 0. The van der Waals surface area contributed by atoms with Crippen molar-refractivity contribution in [2.75, 3.05) is 5.88 Å². The van der Waals surface area contributed by atoms with Crippen LogP contribution in [-0.2, 0) is 13.5 Å². The molecule has 1 atom stereocenters. The standard InChI is InChI=1S/C7H13ClN4/c1-6(5-8)3-4-7-9-11-12(2)10-7/h6H,3-5H2,1-2H3. The SMILES string of the molecule is CC(CCl)CCc1nnn(C)n1. The zero-order valence-corrected chi connectivity index (χ0v) is 8.12. The molecule has 1 unspecified atom stereocenters. The summed E-state index contributed by atoms with van der Waals surface area (Å²) in [5.41, 5.74) is 0. The molecule has 0 radical (unpaired) electrons. The van der Waals surface area contributed by atoms with Gasteiger partial charge in [0.25, 0.3) is 0 Å². The summed E-state index contributed by atoms with van der Waals surface area (Å²) in [6.07, 6.45) is 1.89. The maximum atomic E-state index is 5.66. The highest BCUT2D eigenvalue weighted by Crippen LogP contribution is 2.06. The molecule has 12 heavy (non-hydrogen) atoms. The molecule has 0 amide bonds. The molecule has 0 N–H and O–H groups in total. The monoisotopic (exact) mass is 188 g/mol. The second-order valence-corrected chi connectivity index (χ2v) is 3.30. The minimum Gasteiger partial charge on any atom is -0.167 e. The van der Waals surface area contributed by atoms with Crippen LogP contribution in [-0.4, -0.2) is 26.1 Å². The van der Waals surface area contributed by atoms with E-state index in [9.17, 15) is 0 Å². The Kier molecular flexibility index (Phi) is 3.47. The van der Waals surface area contributed by atoms with Crippen LogP contribution in [0.15, 0.2) is 0 Å². The first kappa shape index (κ1) is 9.45. The lowest BCUT2D eigenvalue weighted by molar-refractivity contribution is 0.576. The molecule has 1 aromatic rings. The highest BCUT2D eigenvalue weighted by atomic mass is 35.5. The fraction of sp³-hybridized carbons (Fsp3) is 0.857. The van der Waals surface area contributed by atoms with Gasteiger partial charge in [0.15, 0.2) is 5.82 Å². The van der Waals surface area contributed by atoms with Gasteiger partial charge in [0.2, 0.25) is 0 Å². The van der Waals surface area contributed by atoms with E-state index in [1.807, 2.05) is 0 Å². The van der Waals surface area contributed by atoms with Crippen molar-refractivity contribution < 1.29 is 0 Å². The van der Waals surface area contributed by atoms with Gasteiger partial charge in [-0.05, 0) is 17.6 Å². The molecule has 0 aliphatic carbocycles. The Hall–Kier alpha value is -0.640. The Balaban J connectivity index is 2.33. The molecule has 68 valence electrons. The van der Waals surface area contributed by atoms with Gasteiger partial charge in [-0.1, -0.05) is 6.92 Å². The average molecular weight is 189 g/mol. The smallest absolute Gasteiger partial charge is 0.167 e. The molecule has 0 saturated heterocycles. The van der Waals surface area contributed by atoms with Crippen LogP contribution in [0.25, 0.3) is 0 Å². The molecule has 0 aliphatic heterocycles. The van der Waals surface area contributed by atoms with Gasteiger partial charge in [0, 0.05) is 12.3 Å². The zero-order chi connectivity index (χ0) is 8.97. The van der Waals surface area contributed by atoms with Gasteiger partial charge in [0.1, 0.15) is 0 Å². The van der Waals surface area contributed by atoms with E-state index < -0.39 is 0 Å². The van der Waals surface area contributed by atoms with Crippen LogP contribution in [0.5, 0.6) is 0 Å².